The molecule has 0 atom stereocenters. The molecule has 5 rings (SSSR count). The van der Waals surface area contributed by atoms with Gasteiger partial charge in [-0.2, -0.15) is 0 Å². The average Bonchev–Trinajstić information content (AvgIpc) is 3.02. The number of hydrogen-bond acceptors (Lipinski definition) is 2. The summed E-state index contributed by atoms with van der Waals surface area (Å²) in [6.07, 6.45) is 2.02. The Morgan fingerprint density at radius 1 is 0.786 bits per heavy atom. The maximum absolute atomic E-state index is 6.66. The Kier molecular flexibility index (Phi) is 3.56. The molecule has 0 saturated carbocycles. The van der Waals surface area contributed by atoms with Gasteiger partial charge in [0.25, 0.3) is 0 Å². The van der Waals surface area contributed by atoms with Crippen molar-refractivity contribution in [2.24, 2.45) is 0 Å². The minimum absolute atomic E-state index is 0.125. The Bertz CT molecular complexity index is 1240. The highest BCUT2D eigenvalue weighted by atomic mass is 16.3. The molecule has 0 aliphatic heterocycles. The molecule has 1 aliphatic rings. The molecule has 2 heterocycles. The summed E-state index contributed by atoms with van der Waals surface area (Å²) in [7, 11) is 0. The molecule has 2 heteroatoms. The van der Waals surface area contributed by atoms with Crippen LogP contribution in [0.4, 0.5) is 0 Å². The fraction of sp³-hybridized carbons (Fsp3) is 0.346. The summed E-state index contributed by atoms with van der Waals surface area (Å²) in [6, 6.07) is 13.3. The van der Waals surface area contributed by atoms with Gasteiger partial charge < -0.3 is 4.42 Å². The van der Waals surface area contributed by atoms with Crippen LogP contribution >= 0.6 is 0 Å². The summed E-state index contributed by atoms with van der Waals surface area (Å²) >= 11 is 0. The first-order chi connectivity index (χ1) is 13.3. The number of fused-ring (bicyclic) bond motifs is 2. The average molecular weight is 370 g/mol. The number of hydrogen-bond donors (Lipinski definition) is 0. The van der Waals surface area contributed by atoms with Crippen LogP contribution < -0.4 is 0 Å². The summed E-state index contributed by atoms with van der Waals surface area (Å²) in [5, 5.41) is 2.45. The first kappa shape index (κ1) is 17.5. The van der Waals surface area contributed by atoms with Gasteiger partial charge in [-0.25, -0.2) is 0 Å². The van der Waals surface area contributed by atoms with Crippen molar-refractivity contribution in [1.29, 1.82) is 0 Å². The van der Waals surface area contributed by atoms with Gasteiger partial charge in [0.15, 0.2) is 0 Å². The summed E-state index contributed by atoms with van der Waals surface area (Å²) in [5.41, 5.74) is 9.33. The highest BCUT2D eigenvalue weighted by Gasteiger charge is 2.35. The monoisotopic (exact) mass is 369 g/mol. The largest absolute Gasteiger partial charge is 0.455 e. The molecular weight excluding hydrogens is 342 g/mol. The predicted octanol–water partition coefficient (Wildman–Crippen LogP) is 7.53. The van der Waals surface area contributed by atoms with Crippen molar-refractivity contribution in [3.05, 3.63) is 64.8 Å². The van der Waals surface area contributed by atoms with Gasteiger partial charge in [-0.05, 0) is 28.5 Å². The lowest BCUT2D eigenvalue weighted by Gasteiger charge is -2.28. The van der Waals surface area contributed by atoms with Gasteiger partial charge in [0.2, 0.25) is 0 Å². The molecule has 28 heavy (non-hydrogen) atoms. The van der Waals surface area contributed by atoms with Gasteiger partial charge in [0.1, 0.15) is 11.2 Å². The topological polar surface area (TPSA) is 26.0 Å². The standard InChI is InChI=1S/C26H27NO/c1-14(2)16-11-12-20-21-22-23(17-9-7-8-10-19(17)26(20,5)6)27-13-18(15(3)4)25(22)28-24(16)21/h7-15H,1-6H3. The predicted molar refractivity (Wildman–Crippen MR) is 117 cm³/mol. The summed E-state index contributed by atoms with van der Waals surface area (Å²) in [5.74, 6) is 0.766. The van der Waals surface area contributed by atoms with Crippen LogP contribution in [0.15, 0.2) is 47.0 Å². The Morgan fingerprint density at radius 2 is 1.46 bits per heavy atom. The highest BCUT2D eigenvalue weighted by molar-refractivity contribution is 6.16. The number of aromatic nitrogens is 1. The molecule has 0 saturated heterocycles. The van der Waals surface area contributed by atoms with Crippen molar-refractivity contribution in [1.82, 2.24) is 4.98 Å². The second kappa shape index (κ2) is 5.70. The third-order valence-electron chi connectivity index (χ3n) is 6.47. The normalized spacial score (nSPS) is 15.0. The summed E-state index contributed by atoms with van der Waals surface area (Å²) in [4.78, 5) is 4.99. The van der Waals surface area contributed by atoms with E-state index in [1.165, 1.54) is 38.6 Å². The molecule has 0 amide bonds. The minimum atomic E-state index is -0.125. The van der Waals surface area contributed by atoms with E-state index < -0.39 is 0 Å². The van der Waals surface area contributed by atoms with Crippen LogP contribution in [-0.2, 0) is 5.41 Å². The van der Waals surface area contributed by atoms with Crippen LogP contribution in [0, 0.1) is 0 Å². The molecule has 0 N–H and O–H groups in total. The first-order valence-electron chi connectivity index (χ1n) is 10.3. The van der Waals surface area contributed by atoms with Crippen LogP contribution in [0.25, 0.3) is 33.2 Å². The van der Waals surface area contributed by atoms with Crippen LogP contribution in [-0.4, -0.2) is 4.98 Å². The number of benzene rings is 2. The third-order valence-corrected chi connectivity index (χ3v) is 6.47. The number of nitrogens with zero attached hydrogens (tertiary/aromatic N) is 1. The van der Waals surface area contributed by atoms with Crippen LogP contribution in [0.2, 0.25) is 0 Å². The van der Waals surface area contributed by atoms with Crippen molar-refractivity contribution >= 4 is 21.9 Å². The molecule has 4 aromatic rings. The molecule has 2 aromatic carbocycles. The van der Waals surface area contributed by atoms with Crippen LogP contribution in [0.5, 0.6) is 0 Å². The molecule has 0 unspecified atom stereocenters. The smallest absolute Gasteiger partial charge is 0.142 e. The van der Waals surface area contributed by atoms with Crippen molar-refractivity contribution in [3.63, 3.8) is 0 Å². The van der Waals surface area contributed by atoms with Gasteiger partial charge in [-0.1, -0.05) is 77.9 Å². The Balaban J connectivity index is 2.10. The van der Waals surface area contributed by atoms with E-state index in [4.69, 9.17) is 9.40 Å². The maximum Gasteiger partial charge on any atom is 0.142 e. The van der Waals surface area contributed by atoms with Crippen molar-refractivity contribution in [2.45, 2.75) is 58.8 Å². The quantitative estimate of drug-likeness (QED) is 0.365. The van der Waals surface area contributed by atoms with E-state index in [1.54, 1.807) is 0 Å². The van der Waals surface area contributed by atoms with E-state index in [0.29, 0.717) is 11.8 Å². The second-order valence-corrected chi connectivity index (χ2v) is 9.25. The molecule has 0 radical (unpaired) electrons. The zero-order valence-electron chi connectivity index (χ0n) is 17.6. The fourth-order valence-electron chi connectivity index (χ4n) is 4.88. The van der Waals surface area contributed by atoms with Gasteiger partial charge in [0, 0.05) is 28.1 Å². The molecule has 0 fully saturated rings. The number of rotatable bonds is 2. The SMILES string of the molecule is CC(C)c1ccc2c3c1oc1c(C(C)C)cnc(c13)-c1ccccc1C2(C)C. The van der Waals surface area contributed by atoms with Crippen molar-refractivity contribution in [2.75, 3.05) is 0 Å². The van der Waals surface area contributed by atoms with E-state index in [2.05, 4.69) is 77.9 Å². The molecule has 2 nitrogen and oxygen atoms in total. The van der Waals surface area contributed by atoms with E-state index in [1.807, 2.05) is 6.20 Å². The third kappa shape index (κ3) is 2.12. The molecule has 142 valence electrons. The van der Waals surface area contributed by atoms with Gasteiger partial charge in [-0.15, -0.1) is 0 Å². The molecule has 0 spiro atoms. The van der Waals surface area contributed by atoms with Gasteiger partial charge in [-0.3, -0.25) is 4.98 Å². The number of furan rings is 1. The van der Waals surface area contributed by atoms with Crippen LogP contribution in [0.3, 0.4) is 0 Å². The molecule has 2 aromatic heterocycles. The Labute approximate surface area is 166 Å². The first-order valence-corrected chi connectivity index (χ1v) is 10.3. The maximum atomic E-state index is 6.66. The van der Waals surface area contributed by atoms with Crippen molar-refractivity contribution < 1.29 is 4.42 Å². The molecular formula is C26H27NO. The number of pyridine rings is 1. The lowest BCUT2D eigenvalue weighted by atomic mass is 9.75. The Hall–Kier alpha value is -2.61. The Morgan fingerprint density at radius 3 is 2.18 bits per heavy atom. The highest BCUT2D eigenvalue weighted by Crippen LogP contribution is 2.51. The molecule has 1 aliphatic carbocycles. The van der Waals surface area contributed by atoms with E-state index >= 15 is 0 Å². The van der Waals surface area contributed by atoms with Crippen molar-refractivity contribution in [3.8, 4) is 11.3 Å². The van der Waals surface area contributed by atoms with E-state index in [-0.39, 0.29) is 5.41 Å². The van der Waals surface area contributed by atoms with E-state index in [0.717, 1.165) is 16.9 Å². The fourth-order valence-corrected chi connectivity index (χ4v) is 4.88. The zero-order chi connectivity index (χ0) is 19.8. The zero-order valence-corrected chi connectivity index (χ0v) is 17.6. The molecule has 0 bridgehead atoms. The summed E-state index contributed by atoms with van der Waals surface area (Å²) < 4.78 is 6.66. The second-order valence-electron chi connectivity index (χ2n) is 9.25. The van der Waals surface area contributed by atoms with Crippen LogP contribution in [0.1, 0.15) is 75.6 Å². The lowest BCUT2D eigenvalue weighted by Crippen LogP contribution is -2.19. The minimum Gasteiger partial charge on any atom is -0.455 e. The van der Waals surface area contributed by atoms with Gasteiger partial charge in [0.05, 0.1) is 11.1 Å². The summed E-state index contributed by atoms with van der Waals surface area (Å²) in [6.45, 7) is 13.6. The van der Waals surface area contributed by atoms with Gasteiger partial charge >= 0.3 is 0 Å². The van der Waals surface area contributed by atoms with E-state index in [9.17, 15) is 0 Å². The lowest BCUT2D eigenvalue weighted by molar-refractivity contribution is 0.633.